The fourth-order valence-electron chi connectivity index (χ4n) is 0.901. The molecule has 1 rings (SSSR count). The van der Waals surface area contributed by atoms with Crippen molar-refractivity contribution in [2.24, 2.45) is 4.99 Å². The Morgan fingerprint density at radius 2 is 2.60 bits per heavy atom. The van der Waals surface area contributed by atoms with E-state index in [-0.39, 0.29) is 1.43 Å². The molecule has 0 aromatic carbocycles. The van der Waals surface area contributed by atoms with E-state index in [0.29, 0.717) is 0 Å². The molecule has 0 amide bonds. The van der Waals surface area contributed by atoms with Crippen LogP contribution in [0.1, 0.15) is 15.3 Å². The van der Waals surface area contributed by atoms with Gasteiger partial charge in [-0.25, -0.2) is 0 Å². The molecule has 1 aliphatic heterocycles. The molecule has 2 heteroatoms. The molecular weight excluding hydrogens is 124 g/mol. The fraction of sp³-hybridized carbons (Fsp3) is 0.375. The summed E-state index contributed by atoms with van der Waals surface area (Å²) in [7, 11) is 0. The molecule has 56 valence electrons. The first-order chi connectivity index (χ1) is 4.88. The van der Waals surface area contributed by atoms with E-state index in [1.807, 2.05) is 32.2 Å². The lowest BCUT2D eigenvalue weighted by atomic mass is 10.2. The largest absolute Gasteiger partial charge is 0.346 e. The molecule has 0 unspecified atom stereocenters. The van der Waals surface area contributed by atoms with Gasteiger partial charge in [0, 0.05) is 19.7 Å². The number of aliphatic imine (C=N–C) groups is 1. The predicted octanol–water partition coefficient (Wildman–Crippen LogP) is 1.71. The van der Waals surface area contributed by atoms with Gasteiger partial charge in [0.2, 0.25) is 0 Å². The fourth-order valence-corrected chi connectivity index (χ4v) is 0.901. The van der Waals surface area contributed by atoms with E-state index in [0.717, 1.165) is 12.4 Å². The molecule has 2 nitrogen and oxygen atoms in total. The summed E-state index contributed by atoms with van der Waals surface area (Å²) < 4.78 is 0. The van der Waals surface area contributed by atoms with E-state index >= 15 is 0 Å². The van der Waals surface area contributed by atoms with Crippen LogP contribution in [-0.4, -0.2) is 12.4 Å². The van der Waals surface area contributed by atoms with Crippen LogP contribution in [-0.2, 0) is 0 Å². The minimum atomic E-state index is 0. The van der Waals surface area contributed by atoms with Gasteiger partial charge >= 0.3 is 0 Å². The average Bonchev–Trinajstić information content (AvgIpc) is 2.36. The Hall–Kier alpha value is -1.05. The van der Waals surface area contributed by atoms with Gasteiger partial charge in [-0.05, 0) is 19.9 Å². The SMILES string of the molecule is C/C=C1/C=CNC1=NCC.[HH]. The lowest BCUT2D eigenvalue weighted by Gasteiger charge is -1.97. The van der Waals surface area contributed by atoms with Crippen molar-refractivity contribution in [2.75, 3.05) is 6.54 Å². The van der Waals surface area contributed by atoms with Gasteiger partial charge in [-0.3, -0.25) is 4.99 Å². The van der Waals surface area contributed by atoms with Crippen molar-refractivity contribution < 1.29 is 1.43 Å². The van der Waals surface area contributed by atoms with Gasteiger partial charge in [0.15, 0.2) is 0 Å². The van der Waals surface area contributed by atoms with Crippen molar-refractivity contribution >= 4 is 5.84 Å². The highest BCUT2D eigenvalue weighted by Gasteiger charge is 2.04. The molecule has 1 aliphatic rings. The second kappa shape index (κ2) is 3.20. The Morgan fingerprint density at radius 1 is 1.80 bits per heavy atom. The summed E-state index contributed by atoms with van der Waals surface area (Å²) in [6.45, 7) is 4.87. The summed E-state index contributed by atoms with van der Waals surface area (Å²) in [4.78, 5) is 4.25. The average molecular weight is 138 g/mol. The molecule has 0 bridgehead atoms. The third kappa shape index (κ3) is 1.26. The minimum Gasteiger partial charge on any atom is -0.346 e. The van der Waals surface area contributed by atoms with E-state index in [1.54, 1.807) is 0 Å². The van der Waals surface area contributed by atoms with Crippen molar-refractivity contribution in [3.63, 3.8) is 0 Å². The van der Waals surface area contributed by atoms with E-state index in [2.05, 4.69) is 10.3 Å². The highest BCUT2D eigenvalue weighted by Crippen LogP contribution is 2.04. The van der Waals surface area contributed by atoms with Crippen LogP contribution in [0.25, 0.3) is 0 Å². The van der Waals surface area contributed by atoms with Crippen LogP contribution in [0.5, 0.6) is 0 Å². The number of allylic oxidation sites excluding steroid dienone is 1. The lowest BCUT2D eigenvalue weighted by Crippen LogP contribution is -2.13. The molecule has 0 aromatic rings. The molecule has 0 fully saturated rings. The Bertz CT molecular complexity index is 204. The topological polar surface area (TPSA) is 24.4 Å². The number of hydrogen-bond donors (Lipinski definition) is 1. The van der Waals surface area contributed by atoms with Gasteiger partial charge in [-0.1, -0.05) is 6.08 Å². The lowest BCUT2D eigenvalue weighted by molar-refractivity contribution is 1.10. The van der Waals surface area contributed by atoms with Gasteiger partial charge in [0.1, 0.15) is 5.84 Å². The number of amidine groups is 1. The van der Waals surface area contributed by atoms with Gasteiger partial charge in [-0.15, -0.1) is 0 Å². The first-order valence-electron chi connectivity index (χ1n) is 3.52. The summed E-state index contributed by atoms with van der Waals surface area (Å²) in [6, 6.07) is 0. The summed E-state index contributed by atoms with van der Waals surface area (Å²) in [5.41, 5.74) is 1.18. The summed E-state index contributed by atoms with van der Waals surface area (Å²) >= 11 is 0. The number of hydrogen-bond acceptors (Lipinski definition) is 1. The Morgan fingerprint density at radius 3 is 3.20 bits per heavy atom. The van der Waals surface area contributed by atoms with Crippen LogP contribution in [0, 0.1) is 0 Å². The third-order valence-electron chi connectivity index (χ3n) is 1.38. The van der Waals surface area contributed by atoms with Crippen molar-refractivity contribution in [3.05, 3.63) is 23.9 Å². The van der Waals surface area contributed by atoms with Gasteiger partial charge < -0.3 is 5.32 Å². The van der Waals surface area contributed by atoms with E-state index in [1.165, 1.54) is 5.57 Å². The van der Waals surface area contributed by atoms with Crippen LogP contribution in [0.2, 0.25) is 0 Å². The molecule has 10 heavy (non-hydrogen) atoms. The van der Waals surface area contributed by atoms with Crippen molar-refractivity contribution in [3.8, 4) is 0 Å². The van der Waals surface area contributed by atoms with Crippen LogP contribution in [0.4, 0.5) is 0 Å². The zero-order valence-electron chi connectivity index (χ0n) is 6.39. The molecule has 0 saturated carbocycles. The van der Waals surface area contributed by atoms with Crippen LogP contribution in [0.3, 0.4) is 0 Å². The second-order valence-corrected chi connectivity index (χ2v) is 2.04. The molecular formula is C8H14N2. The van der Waals surface area contributed by atoms with Gasteiger partial charge in [-0.2, -0.15) is 0 Å². The Labute approximate surface area is 62.8 Å². The first kappa shape index (κ1) is 7.06. The quantitative estimate of drug-likeness (QED) is 0.586. The van der Waals surface area contributed by atoms with Crippen molar-refractivity contribution in [1.82, 2.24) is 5.32 Å². The number of nitrogens with zero attached hydrogens (tertiary/aromatic N) is 1. The second-order valence-electron chi connectivity index (χ2n) is 2.04. The van der Waals surface area contributed by atoms with Gasteiger partial charge in [0.25, 0.3) is 0 Å². The molecule has 0 saturated heterocycles. The van der Waals surface area contributed by atoms with Crippen molar-refractivity contribution in [2.45, 2.75) is 13.8 Å². The zero-order valence-corrected chi connectivity index (χ0v) is 6.39. The molecule has 0 spiro atoms. The summed E-state index contributed by atoms with van der Waals surface area (Å²) in [5.74, 6) is 0.991. The van der Waals surface area contributed by atoms with E-state index < -0.39 is 0 Å². The number of nitrogens with one attached hydrogen (secondary N) is 1. The first-order valence-corrected chi connectivity index (χ1v) is 3.52. The maximum Gasteiger partial charge on any atom is 0.131 e. The highest BCUT2D eigenvalue weighted by molar-refractivity contribution is 6.03. The smallest absolute Gasteiger partial charge is 0.131 e. The molecule has 1 heterocycles. The van der Waals surface area contributed by atoms with Crippen LogP contribution >= 0.6 is 0 Å². The zero-order chi connectivity index (χ0) is 7.40. The molecule has 0 radical (unpaired) electrons. The molecule has 0 atom stereocenters. The van der Waals surface area contributed by atoms with Gasteiger partial charge in [0.05, 0.1) is 0 Å². The molecule has 1 N–H and O–H groups in total. The Balaban J connectivity index is 0.000001000. The monoisotopic (exact) mass is 138 g/mol. The third-order valence-corrected chi connectivity index (χ3v) is 1.38. The molecule has 0 aromatic heterocycles. The maximum atomic E-state index is 4.25. The summed E-state index contributed by atoms with van der Waals surface area (Å²) in [6.07, 6.45) is 5.98. The maximum absolute atomic E-state index is 4.25. The number of rotatable bonds is 1. The van der Waals surface area contributed by atoms with Crippen LogP contribution < -0.4 is 5.32 Å². The standard InChI is InChI=1S/C8H12N2.H2/c1-3-7-5-6-10-8(7)9-4-2;/h3,5-6H,4H2,1-2H3,(H,9,10);1H/b7-3-;. The molecule has 0 aliphatic carbocycles. The normalized spacial score (nSPS) is 24.2. The Kier molecular flexibility index (Phi) is 2.26. The highest BCUT2D eigenvalue weighted by atomic mass is 15.0. The van der Waals surface area contributed by atoms with Crippen LogP contribution in [0.15, 0.2) is 28.9 Å². The van der Waals surface area contributed by atoms with E-state index in [4.69, 9.17) is 0 Å². The van der Waals surface area contributed by atoms with E-state index in [9.17, 15) is 0 Å². The minimum absolute atomic E-state index is 0. The summed E-state index contributed by atoms with van der Waals surface area (Å²) in [5, 5.41) is 3.06. The predicted molar refractivity (Wildman–Crippen MR) is 46.1 cm³/mol. The van der Waals surface area contributed by atoms with Crippen molar-refractivity contribution in [1.29, 1.82) is 0 Å².